The van der Waals surface area contributed by atoms with Gasteiger partial charge < -0.3 is 10.2 Å². The Labute approximate surface area is 107 Å². The summed E-state index contributed by atoms with van der Waals surface area (Å²) in [5.41, 5.74) is 0.982. The van der Waals surface area contributed by atoms with Crippen LogP contribution in [0.3, 0.4) is 0 Å². The normalized spacial score (nSPS) is 20.6. The summed E-state index contributed by atoms with van der Waals surface area (Å²) in [5.74, 6) is 0. The Morgan fingerprint density at radius 2 is 2.39 bits per heavy atom. The largest absolute Gasteiger partial charge is 0.381 e. The van der Waals surface area contributed by atoms with Crippen LogP contribution in [0.1, 0.15) is 19.8 Å². The van der Waals surface area contributed by atoms with Gasteiger partial charge in [-0.25, -0.2) is 0 Å². The van der Waals surface area contributed by atoms with Gasteiger partial charge in [-0.1, -0.05) is 13.0 Å². The smallest absolute Gasteiger partial charge is 0.271 e. The molecule has 18 heavy (non-hydrogen) atoms. The topological polar surface area (TPSA) is 58.4 Å². The minimum atomic E-state index is -0.357. The van der Waals surface area contributed by atoms with Crippen molar-refractivity contribution in [1.82, 2.24) is 4.90 Å². The van der Waals surface area contributed by atoms with Crippen molar-refractivity contribution >= 4 is 11.4 Å². The van der Waals surface area contributed by atoms with Gasteiger partial charge in [0.2, 0.25) is 0 Å². The van der Waals surface area contributed by atoms with Crippen molar-refractivity contribution in [2.45, 2.75) is 25.8 Å². The van der Waals surface area contributed by atoms with Gasteiger partial charge in [0.15, 0.2) is 0 Å². The zero-order valence-electron chi connectivity index (χ0n) is 10.6. The molecule has 0 saturated carbocycles. The van der Waals surface area contributed by atoms with Crippen LogP contribution in [0.2, 0.25) is 0 Å². The van der Waals surface area contributed by atoms with Crippen molar-refractivity contribution in [3.05, 3.63) is 34.4 Å². The number of hydrogen-bond acceptors (Lipinski definition) is 4. The van der Waals surface area contributed by atoms with Crippen molar-refractivity contribution in [1.29, 1.82) is 0 Å². The molecule has 1 heterocycles. The average molecular weight is 249 g/mol. The van der Waals surface area contributed by atoms with Gasteiger partial charge in [-0.2, -0.15) is 0 Å². The molecule has 2 rings (SSSR count). The summed E-state index contributed by atoms with van der Waals surface area (Å²) < 4.78 is 0. The van der Waals surface area contributed by atoms with Crippen LogP contribution in [-0.2, 0) is 0 Å². The van der Waals surface area contributed by atoms with E-state index in [9.17, 15) is 10.1 Å². The van der Waals surface area contributed by atoms with E-state index in [1.165, 1.54) is 12.5 Å². The van der Waals surface area contributed by atoms with Crippen LogP contribution < -0.4 is 5.32 Å². The lowest BCUT2D eigenvalue weighted by Crippen LogP contribution is -2.41. The Bertz CT molecular complexity index is 422. The van der Waals surface area contributed by atoms with Crippen molar-refractivity contribution < 1.29 is 4.92 Å². The minimum Gasteiger partial charge on any atom is -0.381 e. The summed E-state index contributed by atoms with van der Waals surface area (Å²) in [5, 5.41) is 14.1. The van der Waals surface area contributed by atoms with Crippen LogP contribution in [0.25, 0.3) is 0 Å². The summed E-state index contributed by atoms with van der Waals surface area (Å²) in [4.78, 5) is 12.8. The van der Waals surface area contributed by atoms with Gasteiger partial charge >= 0.3 is 0 Å². The lowest BCUT2D eigenvalue weighted by molar-refractivity contribution is -0.384. The third-order valence-electron chi connectivity index (χ3n) is 3.38. The van der Waals surface area contributed by atoms with Gasteiger partial charge in [-0.3, -0.25) is 10.1 Å². The van der Waals surface area contributed by atoms with E-state index in [1.54, 1.807) is 12.1 Å². The fourth-order valence-corrected chi connectivity index (χ4v) is 2.41. The van der Waals surface area contributed by atoms with Crippen LogP contribution in [0, 0.1) is 10.1 Å². The van der Waals surface area contributed by atoms with Crippen molar-refractivity contribution in [3.63, 3.8) is 0 Å². The van der Waals surface area contributed by atoms with Gasteiger partial charge in [0.25, 0.3) is 5.69 Å². The fourth-order valence-electron chi connectivity index (χ4n) is 2.41. The van der Waals surface area contributed by atoms with Crippen molar-refractivity contribution in [3.8, 4) is 0 Å². The number of nitrogens with one attached hydrogen (secondary N) is 1. The Kier molecular flexibility index (Phi) is 4.15. The molecule has 1 aromatic carbocycles. The zero-order valence-corrected chi connectivity index (χ0v) is 10.6. The Morgan fingerprint density at radius 1 is 1.56 bits per heavy atom. The molecule has 1 N–H and O–H groups in total. The lowest BCUT2D eigenvalue weighted by atomic mass is 10.1. The summed E-state index contributed by atoms with van der Waals surface area (Å²) in [6.45, 7) is 5.39. The number of rotatable bonds is 4. The number of nitrogens with zero attached hydrogens (tertiary/aromatic N) is 2. The number of hydrogen-bond donors (Lipinski definition) is 1. The molecule has 5 heteroatoms. The van der Waals surface area contributed by atoms with Crippen LogP contribution in [0.15, 0.2) is 24.3 Å². The maximum Gasteiger partial charge on any atom is 0.271 e. The van der Waals surface area contributed by atoms with Gasteiger partial charge in [-0.15, -0.1) is 0 Å². The molecule has 0 radical (unpaired) electrons. The number of non-ortho nitro benzene ring substituents is 1. The second kappa shape index (κ2) is 5.82. The van der Waals surface area contributed by atoms with E-state index in [0.717, 1.165) is 31.7 Å². The van der Waals surface area contributed by atoms with E-state index in [4.69, 9.17) is 0 Å². The zero-order chi connectivity index (χ0) is 13.0. The van der Waals surface area contributed by atoms with Gasteiger partial charge in [-0.05, 0) is 32.0 Å². The molecule has 1 unspecified atom stereocenters. The highest BCUT2D eigenvalue weighted by Crippen LogP contribution is 2.20. The van der Waals surface area contributed by atoms with E-state index in [1.807, 2.05) is 6.07 Å². The highest BCUT2D eigenvalue weighted by molar-refractivity contribution is 5.51. The molecule has 1 aliphatic rings. The number of nitro groups is 1. The third-order valence-corrected chi connectivity index (χ3v) is 3.38. The van der Waals surface area contributed by atoms with E-state index in [-0.39, 0.29) is 10.6 Å². The molecule has 98 valence electrons. The van der Waals surface area contributed by atoms with Crippen molar-refractivity contribution in [2.75, 3.05) is 25.0 Å². The molecular formula is C13H19N3O2. The second-order valence-electron chi connectivity index (χ2n) is 4.68. The highest BCUT2D eigenvalue weighted by atomic mass is 16.6. The molecule has 1 atom stereocenters. The molecule has 0 aliphatic carbocycles. The molecule has 1 fully saturated rings. The standard InChI is InChI=1S/C13H19N3O2/c1-2-15-8-4-6-12(10-15)14-11-5-3-7-13(9-11)16(17)18/h3,5,7,9,12,14H,2,4,6,8,10H2,1H3. The van der Waals surface area contributed by atoms with Crippen molar-refractivity contribution in [2.24, 2.45) is 0 Å². The third kappa shape index (κ3) is 3.20. The molecule has 1 saturated heterocycles. The number of nitro benzene ring substituents is 1. The first kappa shape index (κ1) is 12.8. The number of benzene rings is 1. The predicted molar refractivity (Wildman–Crippen MR) is 71.9 cm³/mol. The summed E-state index contributed by atoms with van der Waals surface area (Å²) in [6, 6.07) is 7.12. The van der Waals surface area contributed by atoms with E-state index < -0.39 is 0 Å². The Balaban J connectivity index is 2.00. The quantitative estimate of drug-likeness (QED) is 0.658. The molecule has 0 bridgehead atoms. The molecule has 5 nitrogen and oxygen atoms in total. The van der Waals surface area contributed by atoms with Crippen LogP contribution >= 0.6 is 0 Å². The Morgan fingerprint density at radius 3 is 3.11 bits per heavy atom. The first-order valence-electron chi connectivity index (χ1n) is 6.42. The molecule has 0 aromatic heterocycles. The maximum absolute atomic E-state index is 10.7. The fraction of sp³-hybridized carbons (Fsp3) is 0.538. The molecule has 0 amide bonds. The summed E-state index contributed by atoms with van der Waals surface area (Å²) >= 11 is 0. The van der Waals surface area contributed by atoms with Gasteiger partial charge in [0.1, 0.15) is 0 Å². The SMILES string of the molecule is CCN1CCCC(Nc2cccc([N+](=O)[O-])c2)C1. The number of anilines is 1. The number of piperidine rings is 1. The summed E-state index contributed by atoms with van der Waals surface area (Å²) in [6.07, 6.45) is 2.31. The first-order chi connectivity index (χ1) is 8.69. The number of likely N-dealkylation sites (N-methyl/N-ethyl adjacent to an activating group) is 1. The molecule has 1 aromatic rings. The second-order valence-corrected chi connectivity index (χ2v) is 4.68. The van der Waals surface area contributed by atoms with Gasteiger partial charge in [0.05, 0.1) is 4.92 Å². The average Bonchev–Trinajstić information content (AvgIpc) is 2.39. The van der Waals surface area contributed by atoms with Crippen LogP contribution in [-0.4, -0.2) is 35.5 Å². The Hall–Kier alpha value is -1.62. The number of likely N-dealkylation sites (tertiary alicyclic amines) is 1. The lowest BCUT2D eigenvalue weighted by Gasteiger charge is -2.32. The summed E-state index contributed by atoms with van der Waals surface area (Å²) in [7, 11) is 0. The highest BCUT2D eigenvalue weighted by Gasteiger charge is 2.18. The predicted octanol–water partition coefficient (Wildman–Crippen LogP) is 2.49. The van der Waals surface area contributed by atoms with E-state index in [2.05, 4.69) is 17.1 Å². The first-order valence-corrected chi connectivity index (χ1v) is 6.42. The minimum absolute atomic E-state index is 0.142. The van der Waals surface area contributed by atoms with E-state index in [0.29, 0.717) is 6.04 Å². The van der Waals surface area contributed by atoms with Gasteiger partial charge in [0, 0.05) is 30.4 Å². The molecular weight excluding hydrogens is 230 g/mol. The van der Waals surface area contributed by atoms with Crippen LogP contribution in [0.5, 0.6) is 0 Å². The monoisotopic (exact) mass is 249 g/mol. The van der Waals surface area contributed by atoms with E-state index >= 15 is 0 Å². The maximum atomic E-state index is 10.7. The molecule has 0 spiro atoms. The molecule has 1 aliphatic heterocycles. The van der Waals surface area contributed by atoms with Crippen LogP contribution in [0.4, 0.5) is 11.4 Å².